The van der Waals surface area contributed by atoms with Crippen LogP contribution in [0.2, 0.25) is 0 Å². The zero-order chi connectivity index (χ0) is 12.0. The normalized spacial score (nSPS) is 22.4. The molecule has 3 N–H and O–H groups in total. The van der Waals surface area contributed by atoms with Crippen LogP contribution in [0.25, 0.3) is 0 Å². The molecule has 16 heavy (non-hydrogen) atoms. The molecule has 1 amide bonds. The lowest BCUT2D eigenvalue weighted by atomic mass is 10.1. The minimum Gasteiger partial charge on any atom is -0.480 e. The number of rotatable bonds is 5. The second kappa shape index (κ2) is 6.44. The summed E-state index contributed by atoms with van der Waals surface area (Å²) in [4.78, 5) is 22.3. The second-order valence-electron chi connectivity index (χ2n) is 3.77. The molecule has 1 rings (SSSR count). The molecule has 1 aliphatic rings. The number of carboxylic acid groups (broad SMARTS) is 1. The van der Waals surface area contributed by atoms with E-state index in [0.717, 1.165) is 12.8 Å². The van der Waals surface area contributed by atoms with Gasteiger partial charge < -0.3 is 20.3 Å². The molecule has 0 saturated carbocycles. The highest BCUT2D eigenvalue weighted by Gasteiger charge is 2.26. The number of nitrogens with one attached hydrogen (secondary N) is 1. The van der Waals surface area contributed by atoms with E-state index in [1.54, 1.807) is 0 Å². The molecule has 0 aromatic heterocycles. The molecule has 1 saturated heterocycles. The van der Waals surface area contributed by atoms with Gasteiger partial charge in [0.15, 0.2) is 0 Å². The average molecular weight is 231 g/mol. The summed E-state index contributed by atoms with van der Waals surface area (Å²) in [6, 6.07) is -1.04. The van der Waals surface area contributed by atoms with E-state index in [2.05, 4.69) is 5.32 Å². The van der Waals surface area contributed by atoms with Crippen molar-refractivity contribution in [2.75, 3.05) is 13.2 Å². The van der Waals surface area contributed by atoms with Crippen molar-refractivity contribution in [2.45, 2.75) is 37.8 Å². The largest absolute Gasteiger partial charge is 0.480 e. The topological polar surface area (TPSA) is 95.9 Å². The molecule has 1 heterocycles. The third-order valence-electron chi connectivity index (χ3n) is 2.50. The molecule has 0 spiro atoms. The summed E-state index contributed by atoms with van der Waals surface area (Å²) in [5.41, 5.74) is 0. The number of hydrogen-bond donors (Lipinski definition) is 3. The van der Waals surface area contributed by atoms with Gasteiger partial charge in [0.2, 0.25) is 5.91 Å². The van der Waals surface area contributed by atoms with Gasteiger partial charge in [-0.2, -0.15) is 0 Å². The summed E-state index contributed by atoms with van der Waals surface area (Å²) in [7, 11) is 0. The number of hydrogen-bond acceptors (Lipinski definition) is 4. The molecule has 0 aromatic carbocycles. The molecule has 6 heteroatoms. The van der Waals surface area contributed by atoms with Gasteiger partial charge in [-0.3, -0.25) is 4.79 Å². The second-order valence-corrected chi connectivity index (χ2v) is 3.77. The van der Waals surface area contributed by atoms with Crippen LogP contribution in [-0.4, -0.2) is 47.4 Å². The molecule has 0 radical (unpaired) electrons. The highest BCUT2D eigenvalue weighted by Crippen LogP contribution is 2.12. The quantitative estimate of drug-likeness (QED) is 0.593. The predicted octanol–water partition coefficient (Wildman–Crippen LogP) is -0.493. The number of carbonyl (C=O) groups is 2. The fourth-order valence-corrected chi connectivity index (χ4v) is 1.60. The van der Waals surface area contributed by atoms with Crippen LogP contribution in [0.3, 0.4) is 0 Å². The molecule has 92 valence electrons. The van der Waals surface area contributed by atoms with Gasteiger partial charge in [0, 0.05) is 19.6 Å². The first-order valence-electron chi connectivity index (χ1n) is 5.40. The minimum atomic E-state index is -1.14. The number of aliphatic carboxylic acids is 1. The molecule has 0 aliphatic carbocycles. The maximum atomic E-state index is 11.6. The Bertz CT molecular complexity index is 250. The average Bonchev–Trinajstić information content (AvgIpc) is 2.29. The number of carboxylic acids is 1. The van der Waals surface area contributed by atoms with Gasteiger partial charge in [-0.1, -0.05) is 0 Å². The Balaban J connectivity index is 2.43. The Hall–Kier alpha value is -1.14. The molecule has 1 aliphatic heterocycles. The first-order valence-corrected chi connectivity index (χ1v) is 5.40. The van der Waals surface area contributed by atoms with Gasteiger partial charge in [-0.05, 0) is 19.3 Å². The van der Waals surface area contributed by atoms with E-state index in [9.17, 15) is 9.59 Å². The van der Waals surface area contributed by atoms with Crippen LogP contribution in [0.15, 0.2) is 0 Å². The monoisotopic (exact) mass is 231 g/mol. The van der Waals surface area contributed by atoms with E-state index in [1.807, 2.05) is 0 Å². The summed E-state index contributed by atoms with van der Waals surface area (Å²) < 4.78 is 5.23. The summed E-state index contributed by atoms with van der Waals surface area (Å²) in [6.07, 6.45) is 1.93. The van der Waals surface area contributed by atoms with Crippen LogP contribution in [0.5, 0.6) is 0 Å². The maximum absolute atomic E-state index is 11.6. The van der Waals surface area contributed by atoms with Crippen molar-refractivity contribution < 1.29 is 24.5 Å². The summed E-state index contributed by atoms with van der Waals surface area (Å²) in [6.45, 7) is 0.262. The van der Waals surface area contributed by atoms with E-state index in [-0.39, 0.29) is 13.0 Å². The molecule has 0 bridgehead atoms. The van der Waals surface area contributed by atoms with Crippen molar-refractivity contribution in [2.24, 2.45) is 0 Å². The van der Waals surface area contributed by atoms with E-state index in [1.165, 1.54) is 0 Å². The van der Waals surface area contributed by atoms with Crippen molar-refractivity contribution in [1.29, 1.82) is 0 Å². The van der Waals surface area contributed by atoms with Gasteiger partial charge in [0.25, 0.3) is 0 Å². The van der Waals surface area contributed by atoms with Crippen LogP contribution >= 0.6 is 0 Å². The zero-order valence-corrected chi connectivity index (χ0v) is 9.02. The fraction of sp³-hybridized carbons (Fsp3) is 0.800. The lowest BCUT2D eigenvalue weighted by Crippen LogP contribution is -2.47. The van der Waals surface area contributed by atoms with Crippen molar-refractivity contribution >= 4 is 11.9 Å². The predicted molar refractivity (Wildman–Crippen MR) is 54.9 cm³/mol. The van der Waals surface area contributed by atoms with Crippen molar-refractivity contribution in [1.82, 2.24) is 5.32 Å². The number of amides is 1. The van der Waals surface area contributed by atoms with Crippen LogP contribution in [-0.2, 0) is 14.3 Å². The summed E-state index contributed by atoms with van der Waals surface area (Å²) in [5, 5.41) is 19.8. The van der Waals surface area contributed by atoms with Crippen LogP contribution in [0, 0.1) is 0 Å². The van der Waals surface area contributed by atoms with Crippen LogP contribution in [0.4, 0.5) is 0 Å². The van der Waals surface area contributed by atoms with E-state index in [4.69, 9.17) is 14.9 Å². The summed E-state index contributed by atoms with van der Waals surface area (Å²) >= 11 is 0. The van der Waals surface area contributed by atoms with E-state index >= 15 is 0 Å². The van der Waals surface area contributed by atoms with E-state index in [0.29, 0.717) is 13.0 Å². The molecular weight excluding hydrogens is 214 g/mol. The van der Waals surface area contributed by atoms with Gasteiger partial charge in [-0.15, -0.1) is 0 Å². The standard InChI is InChI=1S/C10H17NO5/c12-5-4-7(10(14)15)11-9(13)8-3-1-2-6-16-8/h7-8,12H,1-6H2,(H,11,13)(H,14,15)/t7-,8?/m0/s1. The Kier molecular flexibility index (Phi) is 5.21. The van der Waals surface area contributed by atoms with E-state index < -0.39 is 24.0 Å². The highest BCUT2D eigenvalue weighted by molar-refractivity contribution is 5.86. The lowest BCUT2D eigenvalue weighted by Gasteiger charge is -2.23. The number of aliphatic hydroxyl groups is 1. The number of ether oxygens (including phenoxy) is 1. The minimum absolute atomic E-state index is 0.00773. The SMILES string of the molecule is O=C(N[C@@H](CCO)C(=O)O)C1CCCCO1. The number of aliphatic hydroxyl groups excluding tert-OH is 1. The summed E-state index contributed by atoms with van der Waals surface area (Å²) in [5.74, 6) is -1.54. The Morgan fingerprint density at radius 2 is 2.19 bits per heavy atom. The first-order chi connectivity index (χ1) is 7.65. The third-order valence-corrected chi connectivity index (χ3v) is 2.50. The molecule has 0 aromatic rings. The maximum Gasteiger partial charge on any atom is 0.326 e. The highest BCUT2D eigenvalue weighted by atomic mass is 16.5. The Morgan fingerprint density at radius 3 is 2.69 bits per heavy atom. The Morgan fingerprint density at radius 1 is 1.44 bits per heavy atom. The Labute approximate surface area is 93.6 Å². The van der Waals surface area contributed by atoms with Gasteiger partial charge in [0.05, 0.1) is 0 Å². The first kappa shape index (κ1) is 12.9. The van der Waals surface area contributed by atoms with Crippen LogP contribution in [0.1, 0.15) is 25.7 Å². The fourth-order valence-electron chi connectivity index (χ4n) is 1.60. The zero-order valence-electron chi connectivity index (χ0n) is 9.02. The molecule has 1 fully saturated rings. The van der Waals surface area contributed by atoms with Crippen LogP contribution < -0.4 is 5.32 Å². The van der Waals surface area contributed by atoms with Crippen molar-refractivity contribution in [3.8, 4) is 0 Å². The number of carbonyl (C=O) groups excluding carboxylic acids is 1. The molecule has 6 nitrogen and oxygen atoms in total. The molecule has 2 atom stereocenters. The van der Waals surface area contributed by atoms with Gasteiger partial charge >= 0.3 is 5.97 Å². The van der Waals surface area contributed by atoms with Gasteiger partial charge in [-0.25, -0.2) is 4.79 Å². The third kappa shape index (κ3) is 3.79. The van der Waals surface area contributed by atoms with Gasteiger partial charge in [0.1, 0.15) is 12.1 Å². The molecular formula is C10H17NO5. The van der Waals surface area contributed by atoms with Crippen molar-refractivity contribution in [3.63, 3.8) is 0 Å². The smallest absolute Gasteiger partial charge is 0.326 e. The van der Waals surface area contributed by atoms with Crippen molar-refractivity contribution in [3.05, 3.63) is 0 Å². The lowest BCUT2D eigenvalue weighted by molar-refractivity contribution is -0.145. The molecule has 1 unspecified atom stereocenters.